The van der Waals surface area contributed by atoms with Gasteiger partial charge in [-0.25, -0.2) is 13.1 Å². The van der Waals surface area contributed by atoms with Gasteiger partial charge in [-0.15, -0.1) is 0 Å². The van der Waals surface area contributed by atoms with E-state index >= 15 is 0 Å². The minimum atomic E-state index is -3.74. The van der Waals surface area contributed by atoms with Crippen LogP contribution in [0.4, 0.5) is 0 Å². The van der Waals surface area contributed by atoms with Crippen molar-refractivity contribution in [1.29, 1.82) is 5.26 Å². The Bertz CT molecular complexity index is 622. The van der Waals surface area contributed by atoms with Gasteiger partial charge in [0.1, 0.15) is 6.07 Å². The predicted molar refractivity (Wildman–Crippen MR) is 68.2 cm³/mol. The molecule has 2 N–H and O–H groups in total. The Kier molecular flexibility index (Phi) is 5.30. The summed E-state index contributed by atoms with van der Waals surface area (Å²) >= 11 is 5.75. The largest absolute Gasteiger partial charge is 0.481 e. The molecule has 0 amide bonds. The summed E-state index contributed by atoms with van der Waals surface area (Å²) in [6, 6.07) is 5.59. The van der Waals surface area contributed by atoms with Gasteiger partial charge in [-0.1, -0.05) is 11.6 Å². The van der Waals surface area contributed by atoms with E-state index in [-0.39, 0.29) is 34.9 Å². The molecular formula is C11H11ClN2O4S. The first-order valence-corrected chi connectivity index (χ1v) is 7.14. The van der Waals surface area contributed by atoms with Crippen molar-refractivity contribution in [3.63, 3.8) is 0 Å². The summed E-state index contributed by atoms with van der Waals surface area (Å²) in [6.45, 7) is 0.0201. The summed E-state index contributed by atoms with van der Waals surface area (Å²) in [7, 11) is -3.74. The van der Waals surface area contributed by atoms with Gasteiger partial charge in [0.25, 0.3) is 0 Å². The normalized spacial score (nSPS) is 10.9. The maximum Gasteiger partial charge on any atom is 0.303 e. The molecule has 0 aliphatic carbocycles. The zero-order valence-corrected chi connectivity index (χ0v) is 11.3. The number of hydrogen-bond donors (Lipinski definition) is 2. The Morgan fingerprint density at radius 2 is 2.16 bits per heavy atom. The van der Waals surface area contributed by atoms with E-state index in [0.29, 0.717) is 0 Å². The molecule has 1 aromatic rings. The summed E-state index contributed by atoms with van der Waals surface area (Å²) in [4.78, 5) is 10.2. The quantitative estimate of drug-likeness (QED) is 0.771. The smallest absolute Gasteiger partial charge is 0.303 e. The summed E-state index contributed by atoms with van der Waals surface area (Å²) in [6.07, 6.45) is 0.0786. The van der Waals surface area contributed by atoms with Crippen molar-refractivity contribution < 1.29 is 18.3 Å². The van der Waals surface area contributed by atoms with Gasteiger partial charge in [-0.05, 0) is 24.6 Å². The average Bonchev–Trinajstić information content (AvgIpc) is 2.34. The Balaban J connectivity index is 2.75. The molecule has 0 saturated heterocycles. The SMILES string of the molecule is N#Cc1ccc(S(=O)(=O)NCCCC(=O)O)cc1Cl. The van der Waals surface area contributed by atoms with Crippen molar-refractivity contribution in [3.05, 3.63) is 28.8 Å². The van der Waals surface area contributed by atoms with Crippen molar-refractivity contribution in [2.75, 3.05) is 6.54 Å². The van der Waals surface area contributed by atoms with Crippen LogP contribution >= 0.6 is 11.6 Å². The number of nitrogens with zero attached hydrogens (tertiary/aromatic N) is 1. The number of aliphatic carboxylic acids is 1. The van der Waals surface area contributed by atoms with E-state index in [1.54, 1.807) is 0 Å². The van der Waals surface area contributed by atoms with E-state index in [2.05, 4.69) is 4.72 Å². The fraction of sp³-hybridized carbons (Fsp3) is 0.273. The molecule has 0 spiro atoms. The van der Waals surface area contributed by atoms with Gasteiger partial charge < -0.3 is 5.11 Å². The lowest BCUT2D eigenvalue weighted by Gasteiger charge is -2.06. The number of nitrogens with one attached hydrogen (secondary N) is 1. The molecule has 102 valence electrons. The van der Waals surface area contributed by atoms with E-state index < -0.39 is 16.0 Å². The lowest BCUT2D eigenvalue weighted by atomic mass is 10.2. The summed E-state index contributed by atoms with van der Waals surface area (Å²) in [5, 5.41) is 17.2. The Morgan fingerprint density at radius 1 is 1.47 bits per heavy atom. The predicted octanol–water partition coefficient (Wildman–Crippen LogP) is 1.35. The molecule has 0 atom stereocenters. The van der Waals surface area contributed by atoms with Gasteiger partial charge in [0.05, 0.1) is 15.5 Å². The van der Waals surface area contributed by atoms with E-state index in [0.717, 1.165) is 0 Å². The summed E-state index contributed by atoms with van der Waals surface area (Å²) < 4.78 is 25.9. The third-order valence-electron chi connectivity index (χ3n) is 2.23. The molecule has 1 rings (SSSR count). The van der Waals surface area contributed by atoms with Crippen LogP contribution in [-0.4, -0.2) is 26.0 Å². The first-order chi connectivity index (χ1) is 8.86. The monoisotopic (exact) mass is 302 g/mol. The van der Waals surface area contributed by atoms with Crippen LogP contribution in [0.3, 0.4) is 0 Å². The lowest BCUT2D eigenvalue weighted by Crippen LogP contribution is -2.25. The molecule has 0 bridgehead atoms. The van der Waals surface area contributed by atoms with Crippen molar-refractivity contribution in [3.8, 4) is 6.07 Å². The van der Waals surface area contributed by atoms with Crippen LogP contribution in [0.1, 0.15) is 18.4 Å². The molecule has 0 saturated carbocycles. The maximum atomic E-state index is 11.8. The first kappa shape index (κ1) is 15.4. The maximum absolute atomic E-state index is 11.8. The zero-order chi connectivity index (χ0) is 14.5. The van der Waals surface area contributed by atoms with Crippen molar-refractivity contribution in [2.45, 2.75) is 17.7 Å². The van der Waals surface area contributed by atoms with E-state index in [1.165, 1.54) is 18.2 Å². The minimum Gasteiger partial charge on any atom is -0.481 e. The molecule has 0 aromatic heterocycles. The minimum absolute atomic E-state index is 0.0201. The third-order valence-corrected chi connectivity index (χ3v) is 4.00. The van der Waals surface area contributed by atoms with Crippen LogP contribution in [-0.2, 0) is 14.8 Å². The molecule has 6 nitrogen and oxygen atoms in total. The van der Waals surface area contributed by atoms with Crippen LogP contribution < -0.4 is 4.72 Å². The van der Waals surface area contributed by atoms with Crippen LogP contribution in [0, 0.1) is 11.3 Å². The second-order valence-corrected chi connectivity index (χ2v) is 5.82. The number of rotatable bonds is 6. The molecular weight excluding hydrogens is 292 g/mol. The number of halogens is 1. The Labute approximate surface area is 115 Å². The summed E-state index contributed by atoms with van der Waals surface area (Å²) in [5.74, 6) is -0.986. The van der Waals surface area contributed by atoms with E-state index in [4.69, 9.17) is 22.0 Å². The fourth-order valence-corrected chi connectivity index (χ4v) is 2.67. The zero-order valence-electron chi connectivity index (χ0n) is 9.76. The topological polar surface area (TPSA) is 107 Å². The highest BCUT2D eigenvalue weighted by molar-refractivity contribution is 7.89. The number of carboxylic acid groups (broad SMARTS) is 1. The van der Waals surface area contributed by atoms with Crippen molar-refractivity contribution >= 4 is 27.6 Å². The van der Waals surface area contributed by atoms with Gasteiger partial charge in [0.15, 0.2) is 0 Å². The van der Waals surface area contributed by atoms with Gasteiger partial charge in [0.2, 0.25) is 10.0 Å². The lowest BCUT2D eigenvalue weighted by molar-refractivity contribution is -0.137. The highest BCUT2D eigenvalue weighted by Gasteiger charge is 2.15. The molecule has 0 radical (unpaired) electrons. The number of carbonyl (C=O) groups is 1. The van der Waals surface area contributed by atoms with E-state index in [1.807, 2.05) is 6.07 Å². The number of benzene rings is 1. The summed E-state index contributed by atoms with van der Waals surface area (Å²) in [5.41, 5.74) is 0.187. The average molecular weight is 303 g/mol. The second-order valence-electron chi connectivity index (χ2n) is 3.65. The third kappa shape index (κ3) is 4.52. The van der Waals surface area contributed by atoms with Gasteiger partial charge >= 0.3 is 5.97 Å². The standard InChI is InChI=1S/C11H11ClN2O4S/c12-10-6-9(4-3-8(10)7-13)19(17,18)14-5-1-2-11(15)16/h3-4,6,14H,1-2,5H2,(H,15,16). The molecule has 0 aliphatic heterocycles. The van der Waals surface area contributed by atoms with Crippen LogP contribution in [0.2, 0.25) is 5.02 Å². The number of sulfonamides is 1. The molecule has 0 unspecified atom stereocenters. The molecule has 0 heterocycles. The van der Waals surface area contributed by atoms with Crippen molar-refractivity contribution in [2.24, 2.45) is 0 Å². The molecule has 19 heavy (non-hydrogen) atoms. The highest BCUT2D eigenvalue weighted by atomic mass is 35.5. The molecule has 1 aromatic carbocycles. The van der Waals surface area contributed by atoms with Crippen LogP contribution in [0.15, 0.2) is 23.1 Å². The fourth-order valence-electron chi connectivity index (χ4n) is 1.28. The van der Waals surface area contributed by atoms with Crippen LogP contribution in [0.25, 0.3) is 0 Å². The van der Waals surface area contributed by atoms with Crippen LogP contribution in [0.5, 0.6) is 0 Å². The number of nitriles is 1. The van der Waals surface area contributed by atoms with Gasteiger partial charge in [0, 0.05) is 13.0 Å². The second kappa shape index (κ2) is 6.52. The van der Waals surface area contributed by atoms with Gasteiger partial charge in [-0.2, -0.15) is 5.26 Å². The molecule has 0 fully saturated rings. The first-order valence-electron chi connectivity index (χ1n) is 5.28. The number of carboxylic acids is 1. The Morgan fingerprint density at radius 3 is 2.68 bits per heavy atom. The van der Waals surface area contributed by atoms with E-state index in [9.17, 15) is 13.2 Å². The Hall–Kier alpha value is -1.62. The molecule has 8 heteroatoms. The molecule has 0 aliphatic rings. The van der Waals surface area contributed by atoms with Crippen molar-refractivity contribution in [1.82, 2.24) is 4.72 Å². The van der Waals surface area contributed by atoms with Gasteiger partial charge in [-0.3, -0.25) is 4.79 Å². The highest BCUT2D eigenvalue weighted by Crippen LogP contribution is 2.19. The number of hydrogen-bond acceptors (Lipinski definition) is 4.